The van der Waals surface area contributed by atoms with Crippen LogP contribution in [0.4, 0.5) is 0 Å². The summed E-state index contributed by atoms with van der Waals surface area (Å²) < 4.78 is 5.21. The first-order valence-corrected chi connectivity index (χ1v) is 6.79. The van der Waals surface area contributed by atoms with E-state index in [9.17, 15) is 9.59 Å². The average Bonchev–Trinajstić information content (AvgIpc) is 2.80. The summed E-state index contributed by atoms with van der Waals surface area (Å²) in [5.41, 5.74) is 1.60. The first-order valence-electron chi connectivity index (χ1n) is 6.79. The molecule has 2 amide bonds. The Morgan fingerprint density at radius 3 is 2.18 bits per heavy atom. The Balaban J connectivity index is 1.81. The summed E-state index contributed by atoms with van der Waals surface area (Å²) in [6.07, 6.45) is 0. The van der Waals surface area contributed by atoms with E-state index in [1.165, 1.54) is 0 Å². The Morgan fingerprint density at radius 2 is 1.55 bits per heavy atom. The van der Waals surface area contributed by atoms with Gasteiger partial charge in [0.05, 0.1) is 30.3 Å². The van der Waals surface area contributed by atoms with Gasteiger partial charge in [-0.25, -0.2) is 0 Å². The second-order valence-electron chi connectivity index (χ2n) is 4.74. The fourth-order valence-electron chi connectivity index (χ4n) is 2.34. The number of methoxy groups -OCH3 is 1. The normalized spacial score (nSPS) is 12.7. The van der Waals surface area contributed by atoms with Crippen LogP contribution in [0.1, 0.15) is 26.3 Å². The number of imide groups is 1. The van der Waals surface area contributed by atoms with Crippen LogP contribution >= 0.6 is 0 Å². The number of carbonyl (C=O) groups is 2. The third kappa shape index (κ3) is 2.33. The second kappa shape index (κ2) is 5.74. The van der Waals surface area contributed by atoms with Crippen molar-refractivity contribution in [1.29, 1.82) is 0 Å². The maximum Gasteiger partial charge on any atom is 0.262 e. The molecule has 0 saturated carbocycles. The van der Waals surface area contributed by atoms with Crippen LogP contribution in [0, 0.1) is 11.8 Å². The third-order valence-electron chi connectivity index (χ3n) is 3.45. The number of amides is 2. The van der Waals surface area contributed by atoms with Crippen LogP contribution in [0.25, 0.3) is 0 Å². The van der Waals surface area contributed by atoms with Gasteiger partial charge < -0.3 is 4.74 Å². The van der Waals surface area contributed by atoms with Crippen molar-refractivity contribution in [3.63, 3.8) is 0 Å². The average molecular weight is 291 g/mol. The minimum absolute atomic E-state index is 0.0599. The maximum atomic E-state index is 12.2. The quantitative estimate of drug-likeness (QED) is 0.630. The van der Waals surface area contributed by atoms with E-state index in [0.717, 1.165) is 10.5 Å². The van der Waals surface area contributed by atoms with Gasteiger partial charge in [-0.3, -0.25) is 14.5 Å². The summed E-state index contributed by atoms with van der Waals surface area (Å²) >= 11 is 0. The molecule has 4 nitrogen and oxygen atoms in total. The van der Waals surface area contributed by atoms with Gasteiger partial charge in [0, 0.05) is 0 Å². The van der Waals surface area contributed by atoms with E-state index in [-0.39, 0.29) is 18.4 Å². The monoisotopic (exact) mass is 291 g/mol. The van der Waals surface area contributed by atoms with Crippen molar-refractivity contribution >= 4 is 11.8 Å². The molecule has 0 spiro atoms. The van der Waals surface area contributed by atoms with E-state index in [1.54, 1.807) is 31.4 Å². The molecular weight excluding hydrogens is 278 g/mol. The number of rotatable bonds is 2. The van der Waals surface area contributed by atoms with Crippen LogP contribution in [0.15, 0.2) is 48.5 Å². The Kier molecular flexibility index (Phi) is 3.63. The standard InChI is InChI=1S/C18H13NO3/c1-22-16-11-5-2-7-13(16)8-6-12-19-17(20)14-9-3-4-10-15(14)18(19)21/h2-5,7,9-11H,12H2,1H3. The van der Waals surface area contributed by atoms with Crippen LogP contribution in [-0.4, -0.2) is 30.4 Å². The molecule has 0 fully saturated rings. The number of ether oxygens (including phenoxy) is 1. The largest absolute Gasteiger partial charge is 0.495 e. The Bertz CT molecular complexity index is 779. The summed E-state index contributed by atoms with van der Waals surface area (Å²) in [6.45, 7) is 0.0599. The molecular formula is C18H13NO3. The molecule has 1 heterocycles. The molecule has 0 saturated heterocycles. The van der Waals surface area contributed by atoms with E-state index >= 15 is 0 Å². The Hall–Kier alpha value is -3.06. The highest BCUT2D eigenvalue weighted by Crippen LogP contribution is 2.22. The molecule has 22 heavy (non-hydrogen) atoms. The molecule has 0 N–H and O–H groups in total. The van der Waals surface area contributed by atoms with Crippen molar-refractivity contribution in [2.75, 3.05) is 13.7 Å². The van der Waals surface area contributed by atoms with Gasteiger partial charge in [0.15, 0.2) is 0 Å². The summed E-state index contributed by atoms with van der Waals surface area (Å²) in [6, 6.07) is 14.2. The fraction of sp³-hybridized carbons (Fsp3) is 0.111. The predicted molar refractivity (Wildman–Crippen MR) is 81.7 cm³/mol. The maximum absolute atomic E-state index is 12.2. The van der Waals surface area contributed by atoms with Crippen LogP contribution in [0.3, 0.4) is 0 Å². The molecule has 0 aliphatic carbocycles. The van der Waals surface area contributed by atoms with Crippen molar-refractivity contribution in [3.05, 3.63) is 65.2 Å². The zero-order valence-corrected chi connectivity index (χ0v) is 12.0. The highest BCUT2D eigenvalue weighted by Gasteiger charge is 2.34. The molecule has 1 aliphatic rings. The molecule has 108 valence electrons. The van der Waals surface area contributed by atoms with Crippen LogP contribution in [0.2, 0.25) is 0 Å². The lowest BCUT2D eigenvalue weighted by Gasteiger charge is -2.08. The number of hydrogen-bond donors (Lipinski definition) is 0. The molecule has 0 radical (unpaired) electrons. The number of benzene rings is 2. The van der Waals surface area contributed by atoms with Crippen LogP contribution in [0.5, 0.6) is 5.75 Å². The van der Waals surface area contributed by atoms with Gasteiger partial charge in [-0.05, 0) is 24.3 Å². The van der Waals surface area contributed by atoms with Gasteiger partial charge in [0.1, 0.15) is 5.75 Å². The van der Waals surface area contributed by atoms with E-state index in [2.05, 4.69) is 11.8 Å². The highest BCUT2D eigenvalue weighted by molar-refractivity contribution is 6.21. The van der Waals surface area contributed by atoms with Gasteiger partial charge >= 0.3 is 0 Å². The Labute approximate surface area is 128 Å². The van der Waals surface area contributed by atoms with Crippen molar-refractivity contribution in [2.24, 2.45) is 0 Å². The lowest BCUT2D eigenvalue weighted by molar-refractivity contribution is 0.0675. The third-order valence-corrected chi connectivity index (χ3v) is 3.45. The first-order chi connectivity index (χ1) is 10.7. The van der Waals surface area contributed by atoms with Gasteiger partial charge in [-0.2, -0.15) is 0 Å². The van der Waals surface area contributed by atoms with Crippen LogP contribution in [-0.2, 0) is 0 Å². The van der Waals surface area contributed by atoms with Crippen molar-refractivity contribution in [1.82, 2.24) is 4.90 Å². The van der Waals surface area contributed by atoms with E-state index in [0.29, 0.717) is 16.9 Å². The minimum Gasteiger partial charge on any atom is -0.495 e. The molecule has 1 aliphatic heterocycles. The molecule has 0 bridgehead atoms. The minimum atomic E-state index is -0.296. The first kappa shape index (κ1) is 13.9. The van der Waals surface area contributed by atoms with E-state index in [4.69, 9.17) is 4.74 Å². The highest BCUT2D eigenvalue weighted by atomic mass is 16.5. The van der Waals surface area contributed by atoms with Crippen molar-refractivity contribution < 1.29 is 14.3 Å². The molecule has 4 heteroatoms. The summed E-state index contributed by atoms with van der Waals surface area (Å²) in [7, 11) is 1.57. The lowest BCUT2D eigenvalue weighted by Crippen LogP contribution is -2.29. The molecule has 0 unspecified atom stereocenters. The van der Waals surface area contributed by atoms with Crippen molar-refractivity contribution in [3.8, 4) is 17.6 Å². The van der Waals surface area contributed by atoms with E-state index < -0.39 is 0 Å². The van der Waals surface area contributed by atoms with Gasteiger partial charge in [-0.15, -0.1) is 0 Å². The molecule has 2 aromatic rings. The van der Waals surface area contributed by atoms with E-state index in [1.807, 2.05) is 24.3 Å². The second-order valence-corrected chi connectivity index (χ2v) is 4.74. The Morgan fingerprint density at radius 1 is 0.955 bits per heavy atom. The summed E-state index contributed by atoms with van der Waals surface area (Å²) in [5.74, 6) is 5.88. The topological polar surface area (TPSA) is 46.6 Å². The van der Waals surface area contributed by atoms with Gasteiger partial charge in [-0.1, -0.05) is 36.1 Å². The van der Waals surface area contributed by atoms with Gasteiger partial charge in [0.2, 0.25) is 0 Å². The number of fused-ring (bicyclic) bond motifs is 1. The van der Waals surface area contributed by atoms with Gasteiger partial charge in [0.25, 0.3) is 11.8 Å². The fourth-order valence-corrected chi connectivity index (χ4v) is 2.34. The smallest absolute Gasteiger partial charge is 0.262 e. The zero-order valence-electron chi connectivity index (χ0n) is 12.0. The number of para-hydroxylation sites is 1. The molecule has 3 rings (SSSR count). The SMILES string of the molecule is COc1ccccc1C#CCN1C(=O)c2ccccc2C1=O. The molecule has 0 atom stereocenters. The summed E-state index contributed by atoms with van der Waals surface area (Å²) in [4.78, 5) is 25.5. The predicted octanol–water partition coefficient (Wildman–Crippen LogP) is 2.34. The molecule has 0 aromatic heterocycles. The van der Waals surface area contributed by atoms with Crippen molar-refractivity contribution in [2.45, 2.75) is 0 Å². The lowest BCUT2D eigenvalue weighted by atomic mass is 10.1. The molecule has 2 aromatic carbocycles. The number of carbonyl (C=O) groups excluding carboxylic acids is 2. The number of nitrogens with zero attached hydrogens (tertiary/aromatic N) is 1. The van der Waals surface area contributed by atoms with Crippen LogP contribution < -0.4 is 4.74 Å². The summed E-state index contributed by atoms with van der Waals surface area (Å²) in [5, 5.41) is 0. The number of hydrogen-bond acceptors (Lipinski definition) is 3. The zero-order chi connectivity index (χ0) is 15.5.